The largest absolute Gasteiger partial charge is 1.00 e. The Hall–Kier alpha value is -1.00. The summed E-state index contributed by atoms with van der Waals surface area (Å²) in [7, 11) is 0. The van der Waals surface area contributed by atoms with Gasteiger partial charge in [0.15, 0.2) is 12.4 Å². The van der Waals surface area contributed by atoms with Crippen molar-refractivity contribution < 1.29 is 26.3 Å². The molecule has 0 saturated carbocycles. The standard InChI is InChI=1S/C14H13BrNO.BrH/c1-11-12(6-5-7-13(11)15)14(17)10-16-8-3-2-4-9-16;/h2-9H,10H2,1H3;1H/q+1;/p-1. The molecular weight excluding hydrogens is 358 g/mol. The van der Waals surface area contributed by atoms with Crippen LogP contribution in [0.25, 0.3) is 0 Å². The summed E-state index contributed by atoms with van der Waals surface area (Å²) < 4.78 is 2.85. The summed E-state index contributed by atoms with van der Waals surface area (Å²) in [5.74, 6) is 0.125. The quantitative estimate of drug-likeness (QED) is 0.547. The molecule has 0 N–H and O–H groups in total. The Morgan fingerprint density at radius 1 is 1.17 bits per heavy atom. The van der Waals surface area contributed by atoms with Gasteiger partial charge in [0.1, 0.15) is 0 Å². The van der Waals surface area contributed by atoms with Gasteiger partial charge < -0.3 is 17.0 Å². The van der Waals surface area contributed by atoms with E-state index in [4.69, 9.17) is 0 Å². The van der Waals surface area contributed by atoms with Crippen molar-refractivity contribution in [3.8, 4) is 0 Å². The van der Waals surface area contributed by atoms with E-state index in [-0.39, 0.29) is 22.8 Å². The first-order chi connectivity index (χ1) is 8.18. The van der Waals surface area contributed by atoms with Gasteiger partial charge in [0.2, 0.25) is 12.3 Å². The first-order valence-corrected chi connectivity index (χ1v) is 6.20. The zero-order chi connectivity index (χ0) is 12.3. The Morgan fingerprint density at radius 2 is 1.83 bits per heavy atom. The summed E-state index contributed by atoms with van der Waals surface area (Å²) in [5, 5.41) is 0. The number of carbonyl (C=O) groups excluding carboxylic acids is 1. The Morgan fingerprint density at radius 3 is 2.50 bits per heavy atom. The van der Waals surface area contributed by atoms with Crippen LogP contribution in [0.4, 0.5) is 0 Å². The van der Waals surface area contributed by atoms with E-state index in [1.54, 1.807) is 0 Å². The number of hydrogen-bond acceptors (Lipinski definition) is 1. The highest BCUT2D eigenvalue weighted by molar-refractivity contribution is 9.10. The zero-order valence-corrected chi connectivity index (χ0v) is 13.1. The van der Waals surface area contributed by atoms with Crippen molar-refractivity contribution in [2.45, 2.75) is 13.5 Å². The minimum atomic E-state index is 0. The van der Waals surface area contributed by atoms with Gasteiger partial charge in [-0.15, -0.1) is 0 Å². The van der Waals surface area contributed by atoms with Crippen molar-refractivity contribution in [3.63, 3.8) is 0 Å². The van der Waals surface area contributed by atoms with Crippen molar-refractivity contribution in [3.05, 3.63) is 64.4 Å². The molecule has 4 heteroatoms. The van der Waals surface area contributed by atoms with Gasteiger partial charge in [-0.25, -0.2) is 0 Å². The predicted molar refractivity (Wildman–Crippen MR) is 69.8 cm³/mol. The monoisotopic (exact) mass is 369 g/mol. The highest BCUT2D eigenvalue weighted by Crippen LogP contribution is 2.19. The molecule has 1 heterocycles. The van der Waals surface area contributed by atoms with Crippen molar-refractivity contribution in [2.75, 3.05) is 0 Å². The van der Waals surface area contributed by atoms with Gasteiger partial charge in [0, 0.05) is 22.2 Å². The smallest absolute Gasteiger partial charge is 0.227 e. The second kappa shape index (κ2) is 6.81. The molecule has 0 saturated heterocycles. The van der Waals surface area contributed by atoms with E-state index in [9.17, 15) is 4.79 Å². The summed E-state index contributed by atoms with van der Waals surface area (Å²) in [4.78, 5) is 12.1. The topological polar surface area (TPSA) is 20.9 Å². The minimum Gasteiger partial charge on any atom is -1.00 e. The summed E-state index contributed by atoms with van der Waals surface area (Å²) in [5.41, 5.74) is 1.77. The second-order valence-electron chi connectivity index (χ2n) is 3.88. The lowest BCUT2D eigenvalue weighted by molar-refractivity contribution is -0.683. The lowest BCUT2D eigenvalue weighted by Crippen LogP contribution is -3.00. The Labute approximate surface area is 126 Å². The predicted octanol–water partition coefficient (Wildman–Crippen LogP) is -0.0681. The van der Waals surface area contributed by atoms with Gasteiger partial charge in [-0.3, -0.25) is 4.79 Å². The van der Waals surface area contributed by atoms with Crippen LogP contribution in [0, 0.1) is 6.92 Å². The molecule has 0 atom stereocenters. The molecule has 0 radical (unpaired) electrons. The van der Waals surface area contributed by atoms with Crippen molar-refractivity contribution in [2.24, 2.45) is 0 Å². The third-order valence-electron chi connectivity index (χ3n) is 2.67. The average molecular weight is 371 g/mol. The SMILES string of the molecule is Cc1c(Br)cccc1C(=O)C[n+]1ccccc1.[Br-]. The van der Waals surface area contributed by atoms with E-state index in [1.165, 1.54) is 0 Å². The van der Waals surface area contributed by atoms with Gasteiger partial charge in [-0.1, -0.05) is 34.1 Å². The Balaban J connectivity index is 0.00000162. The third-order valence-corrected chi connectivity index (χ3v) is 3.53. The van der Waals surface area contributed by atoms with Crippen LogP contribution < -0.4 is 21.5 Å². The summed E-state index contributed by atoms with van der Waals surface area (Å²) >= 11 is 3.44. The fourth-order valence-corrected chi connectivity index (χ4v) is 2.07. The molecule has 0 fully saturated rings. The zero-order valence-electron chi connectivity index (χ0n) is 9.94. The van der Waals surface area contributed by atoms with Crippen LogP contribution in [-0.4, -0.2) is 5.78 Å². The molecule has 0 bridgehead atoms. The molecule has 2 aromatic rings. The number of hydrogen-bond donors (Lipinski definition) is 0. The maximum Gasteiger partial charge on any atom is 0.227 e. The highest BCUT2D eigenvalue weighted by atomic mass is 79.9. The molecule has 0 aliphatic heterocycles. The molecule has 0 spiro atoms. The van der Waals surface area contributed by atoms with E-state index in [2.05, 4.69) is 15.9 Å². The molecule has 0 aliphatic carbocycles. The molecule has 94 valence electrons. The first-order valence-electron chi connectivity index (χ1n) is 5.41. The van der Waals surface area contributed by atoms with Crippen LogP contribution in [0.3, 0.4) is 0 Å². The van der Waals surface area contributed by atoms with Crippen molar-refractivity contribution in [1.29, 1.82) is 0 Å². The maximum absolute atomic E-state index is 12.1. The van der Waals surface area contributed by atoms with E-state index >= 15 is 0 Å². The van der Waals surface area contributed by atoms with Gasteiger partial charge in [-0.2, -0.15) is 4.57 Å². The molecule has 0 amide bonds. The number of nitrogens with zero attached hydrogens (tertiary/aromatic N) is 1. The highest BCUT2D eigenvalue weighted by Gasteiger charge is 2.14. The molecule has 0 aliphatic rings. The number of halogens is 2. The summed E-state index contributed by atoms with van der Waals surface area (Å²) in [6.45, 7) is 2.32. The fraction of sp³-hybridized carbons (Fsp3) is 0.143. The van der Waals surface area contributed by atoms with E-state index in [1.807, 2.05) is 60.3 Å². The first kappa shape index (κ1) is 15.1. The van der Waals surface area contributed by atoms with Crippen LogP contribution in [0.5, 0.6) is 0 Å². The molecule has 2 nitrogen and oxygen atoms in total. The van der Waals surface area contributed by atoms with Gasteiger partial charge in [0.25, 0.3) is 0 Å². The number of ketones is 1. The van der Waals surface area contributed by atoms with Crippen molar-refractivity contribution in [1.82, 2.24) is 0 Å². The number of benzene rings is 1. The molecule has 1 aromatic heterocycles. The minimum absolute atomic E-state index is 0. The van der Waals surface area contributed by atoms with Crippen LogP contribution in [-0.2, 0) is 6.54 Å². The van der Waals surface area contributed by atoms with E-state index < -0.39 is 0 Å². The lowest BCUT2D eigenvalue weighted by atomic mass is 10.0. The lowest BCUT2D eigenvalue weighted by Gasteiger charge is -2.04. The van der Waals surface area contributed by atoms with Crippen LogP contribution in [0.1, 0.15) is 15.9 Å². The number of carbonyl (C=O) groups is 1. The van der Waals surface area contributed by atoms with Crippen molar-refractivity contribution >= 4 is 21.7 Å². The summed E-state index contributed by atoms with van der Waals surface area (Å²) in [6, 6.07) is 11.5. The van der Waals surface area contributed by atoms with Crippen LogP contribution in [0.15, 0.2) is 53.3 Å². The Bertz CT molecular complexity index is 541. The van der Waals surface area contributed by atoms with E-state index in [0.29, 0.717) is 6.54 Å². The van der Waals surface area contributed by atoms with Gasteiger partial charge >= 0.3 is 0 Å². The normalized spacial score (nSPS) is 9.67. The van der Waals surface area contributed by atoms with Gasteiger partial charge in [0.05, 0.1) is 0 Å². The molecule has 0 unspecified atom stereocenters. The average Bonchev–Trinajstić information content (AvgIpc) is 2.34. The number of aromatic nitrogens is 1. The Kier molecular flexibility index (Phi) is 5.69. The van der Waals surface area contributed by atoms with Crippen LogP contribution >= 0.6 is 15.9 Å². The number of Topliss-reactive ketones (excluding diaryl/α,β-unsaturated/α-hetero) is 1. The van der Waals surface area contributed by atoms with Crippen LogP contribution in [0.2, 0.25) is 0 Å². The molecule has 1 aromatic carbocycles. The van der Waals surface area contributed by atoms with Gasteiger partial charge in [-0.05, 0) is 18.6 Å². The number of pyridine rings is 1. The molecule has 18 heavy (non-hydrogen) atoms. The van der Waals surface area contributed by atoms with E-state index in [0.717, 1.165) is 15.6 Å². The molecular formula is C14H13Br2NO. The molecule has 2 rings (SSSR count). The third kappa shape index (κ3) is 3.50. The second-order valence-corrected chi connectivity index (χ2v) is 4.74. The maximum atomic E-state index is 12.1. The fourth-order valence-electron chi connectivity index (χ4n) is 1.70. The number of rotatable bonds is 3. The summed E-state index contributed by atoms with van der Waals surface area (Å²) in [6.07, 6.45) is 3.79.